The summed E-state index contributed by atoms with van der Waals surface area (Å²) in [6.45, 7) is 8.46. The number of benzene rings is 2. The summed E-state index contributed by atoms with van der Waals surface area (Å²) < 4.78 is 5.54. The van der Waals surface area contributed by atoms with Crippen LogP contribution in [0.15, 0.2) is 48.2 Å². The summed E-state index contributed by atoms with van der Waals surface area (Å²) in [7, 11) is 1.62. The highest BCUT2D eigenvalue weighted by Gasteiger charge is 2.46. The second kappa shape index (κ2) is 9.37. The van der Waals surface area contributed by atoms with Crippen LogP contribution in [-0.2, 0) is 9.59 Å². The minimum Gasteiger partial charge on any atom is -0.507 e. The second-order valence-electron chi connectivity index (χ2n) is 9.20. The molecule has 6 nitrogen and oxygen atoms in total. The number of aryl methyl sites for hydroxylation is 1. The minimum atomic E-state index is -0.660. The van der Waals surface area contributed by atoms with Gasteiger partial charge in [-0.25, -0.2) is 0 Å². The highest BCUT2D eigenvalue weighted by Crippen LogP contribution is 2.43. The fourth-order valence-corrected chi connectivity index (χ4v) is 4.81. The normalized spacial score (nSPS) is 17.8. The van der Waals surface area contributed by atoms with Gasteiger partial charge in [-0.05, 0) is 48.6 Å². The number of aromatic nitrogens is 1. The standard InChI is InChI=1S/C28H32N2O4/c1-6-7-12-30-25(21-15-29-22-11-9-8-10-18(21)22)24(27(32)28(30)33)26(31)20-14-19(16(2)3)23(34-5)13-17(20)4/h8-11,13-16,25,29,31H,6-7,12H2,1-5H3/b26-24+. The lowest BCUT2D eigenvalue weighted by Crippen LogP contribution is -2.30. The first kappa shape index (κ1) is 23.6. The van der Waals surface area contributed by atoms with Crippen LogP contribution in [-0.4, -0.2) is 40.3 Å². The third-order valence-corrected chi connectivity index (χ3v) is 6.66. The minimum absolute atomic E-state index is 0.133. The number of aliphatic hydroxyl groups excluding tert-OH is 1. The first-order valence-corrected chi connectivity index (χ1v) is 11.8. The van der Waals surface area contributed by atoms with Gasteiger partial charge < -0.3 is 19.7 Å². The molecule has 1 aliphatic heterocycles. The number of carbonyl (C=O) groups excluding carboxylic acids is 2. The van der Waals surface area contributed by atoms with Crippen LogP contribution in [0.4, 0.5) is 0 Å². The van der Waals surface area contributed by atoms with Gasteiger partial charge in [0.25, 0.3) is 11.7 Å². The molecule has 6 heteroatoms. The number of likely N-dealkylation sites (tertiary alicyclic amines) is 1. The van der Waals surface area contributed by atoms with Crippen molar-refractivity contribution in [2.45, 2.75) is 52.5 Å². The van der Waals surface area contributed by atoms with E-state index in [0.29, 0.717) is 12.1 Å². The van der Waals surface area contributed by atoms with Gasteiger partial charge in [-0.1, -0.05) is 45.4 Å². The van der Waals surface area contributed by atoms with Crippen LogP contribution < -0.4 is 4.74 Å². The van der Waals surface area contributed by atoms with Gasteiger partial charge in [-0.15, -0.1) is 0 Å². The number of rotatable bonds is 7. The van der Waals surface area contributed by atoms with E-state index < -0.39 is 17.7 Å². The number of hydrogen-bond acceptors (Lipinski definition) is 4. The number of ether oxygens (including phenoxy) is 1. The molecule has 2 N–H and O–H groups in total. The number of aliphatic hydroxyl groups is 1. The van der Waals surface area contributed by atoms with Crippen molar-refractivity contribution in [2.75, 3.05) is 13.7 Å². The van der Waals surface area contributed by atoms with Crippen LogP contribution in [0.3, 0.4) is 0 Å². The molecule has 0 spiro atoms. The average Bonchev–Trinajstić information content (AvgIpc) is 3.35. The number of ketones is 1. The first-order chi connectivity index (χ1) is 16.3. The Morgan fingerprint density at radius 1 is 1.21 bits per heavy atom. The molecule has 1 aromatic heterocycles. The molecule has 178 valence electrons. The van der Waals surface area contributed by atoms with Gasteiger partial charge in [0.2, 0.25) is 0 Å². The monoisotopic (exact) mass is 460 g/mol. The van der Waals surface area contributed by atoms with E-state index in [4.69, 9.17) is 4.74 Å². The van der Waals surface area contributed by atoms with E-state index in [2.05, 4.69) is 4.98 Å². The van der Waals surface area contributed by atoms with Gasteiger partial charge in [0.05, 0.1) is 18.7 Å². The number of nitrogens with zero attached hydrogens (tertiary/aromatic N) is 1. The number of fused-ring (bicyclic) bond motifs is 1. The number of methoxy groups -OCH3 is 1. The van der Waals surface area contributed by atoms with Crippen LogP contribution in [0.25, 0.3) is 16.7 Å². The number of H-pyrrole nitrogens is 1. The fraction of sp³-hybridized carbons (Fsp3) is 0.357. The lowest BCUT2D eigenvalue weighted by molar-refractivity contribution is -0.139. The average molecular weight is 461 g/mol. The van der Waals surface area contributed by atoms with Crippen molar-refractivity contribution in [2.24, 2.45) is 0 Å². The zero-order valence-electron chi connectivity index (χ0n) is 20.4. The van der Waals surface area contributed by atoms with Crippen molar-refractivity contribution < 1.29 is 19.4 Å². The maximum atomic E-state index is 13.3. The Kier molecular flexibility index (Phi) is 6.51. The smallest absolute Gasteiger partial charge is 0.295 e. The molecule has 1 atom stereocenters. The molecule has 34 heavy (non-hydrogen) atoms. The SMILES string of the molecule is CCCCN1C(=O)C(=O)/C(=C(/O)c2cc(C(C)C)c(OC)cc2C)C1c1c[nH]c2ccccc12. The van der Waals surface area contributed by atoms with Crippen LogP contribution in [0.1, 0.15) is 67.8 Å². The summed E-state index contributed by atoms with van der Waals surface area (Å²) in [4.78, 5) is 31.4. The van der Waals surface area contributed by atoms with Crippen molar-refractivity contribution in [3.63, 3.8) is 0 Å². The molecule has 1 fully saturated rings. The highest BCUT2D eigenvalue weighted by atomic mass is 16.5. The first-order valence-electron chi connectivity index (χ1n) is 11.8. The van der Waals surface area contributed by atoms with Gasteiger partial charge in [0.1, 0.15) is 11.5 Å². The molecule has 2 heterocycles. The molecule has 1 aliphatic rings. The van der Waals surface area contributed by atoms with Crippen molar-refractivity contribution >= 4 is 28.4 Å². The van der Waals surface area contributed by atoms with Crippen LogP contribution in [0, 0.1) is 6.92 Å². The van der Waals surface area contributed by atoms with E-state index in [-0.39, 0.29) is 17.3 Å². The summed E-state index contributed by atoms with van der Waals surface area (Å²) >= 11 is 0. The van der Waals surface area contributed by atoms with Gasteiger partial charge in [-0.3, -0.25) is 9.59 Å². The van der Waals surface area contributed by atoms with Gasteiger partial charge in [0.15, 0.2) is 0 Å². The lowest BCUT2D eigenvalue weighted by Gasteiger charge is -2.25. The predicted molar refractivity (Wildman–Crippen MR) is 134 cm³/mol. The molecule has 0 aliphatic carbocycles. The summed E-state index contributed by atoms with van der Waals surface area (Å²) in [5, 5.41) is 12.5. The largest absolute Gasteiger partial charge is 0.507 e. The summed E-state index contributed by atoms with van der Waals surface area (Å²) in [5.74, 6) is -0.473. The Labute approximate surface area is 200 Å². The number of para-hydroxylation sites is 1. The van der Waals surface area contributed by atoms with E-state index in [9.17, 15) is 14.7 Å². The van der Waals surface area contributed by atoms with E-state index in [1.54, 1.807) is 12.0 Å². The number of amides is 1. The number of aromatic amines is 1. The summed E-state index contributed by atoms with van der Waals surface area (Å²) in [5.41, 5.74) is 4.11. The molecule has 0 radical (unpaired) electrons. The summed E-state index contributed by atoms with van der Waals surface area (Å²) in [6, 6.07) is 10.9. The van der Waals surface area contributed by atoms with E-state index in [1.807, 2.05) is 70.3 Å². The van der Waals surface area contributed by atoms with Gasteiger partial charge in [-0.2, -0.15) is 0 Å². The molecule has 2 aromatic carbocycles. The van der Waals surface area contributed by atoms with E-state index >= 15 is 0 Å². The predicted octanol–water partition coefficient (Wildman–Crippen LogP) is 5.83. The molecule has 3 aromatic rings. The molecule has 1 saturated heterocycles. The maximum Gasteiger partial charge on any atom is 0.295 e. The van der Waals surface area contributed by atoms with Crippen molar-refractivity contribution in [3.8, 4) is 5.75 Å². The Morgan fingerprint density at radius 3 is 2.62 bits per heavy atom. The van der Waals surface area contributed by atoms with Crippen molar-refractivity contribution in [1.82, 2.24) is 9.88 Å². The van der Waals surface area contributed by atoms with Crippen molar-refractivity contribution in [1.29, 1.82) is 0 Å². The maximum absolute atomic E-state index is 13.3. The quantitative estimate of drug-likeness (QED) is 0.264. The molecule has 1 amide bonds. The highest BCUT2D eigenvalue weighted by molar-refractivity contribution is 6.46. The summed E-state index contributed by atoms with van der Waals surface area (Å²) in [6.07, 6.45) is 3.50. The van der Waals surface area contributed by atoms with Gasteiger partial charge >= 0.3 is 0 Å². The molecule has 1 unspecified atom stereocenters. The number of hydrogen-bond donors (Lipinski definition) is 2. The number of carbonyl (C=O) groups is 2. The number of Topliss-reactive ketones (excluding diaryl/α,β-unsaturated/α-hetero) is 1. The Balaban J connectivity index is 1.96. The number of unbranched alkanes of at least 4 members (excludes halogenated alkanes) is 1. The zero-order chi connectivity index (χ0) is 24.6. The van der Waals surface area contributed by atoms with Crippen molar-refractivity contribution in [3.05, 3.63) is 70.4 Å². The third kappa shape index (κ3) is 3.87. The Hall–Kier alpha value is -3.54. The van der Waals surface area contributed by atoms with E-state index in [1.165, 1.54) is 0 Å². The Morgan fingerprint density at radius 2 is 1.94 bits per heavy atom. The van der Waals surface area contributed by atoms with E-state index in [0.717, 1.165) is 46.2 Å². The lowest BCUT2D eigenvalue weighted by atomic mass is 9.91. The number of nitrogens with one attached hydrogen (secondary N) is 1. The Bertz CT molecular complexity index is 1280. The molecule has 0 saturated carbocycles. The second-order valence-corrected chi connectivity index (χ2v) is 9.20. The zero-order valence-corrected chi connectivity index (χ0v) is 20.4. The molecular formula is C28H32N2O4. The van der Waals surface area contributed by atoms with Crippen LogP contribution in [0.2, 0.25) is 0 Å². The topological polar surface area (TPSA) is 82.6 Å². The molecule has 4 rings (SSSR count). The van der Waals surface area contributed by atoms with Crippen LogP contribution >= 0.6 is 0 Å². The van der Waals surface area contributed by atoms with Gasteiger partial charge in [0, 0.05) is 34.8 Å². The van der Waals surface area contributed by atoms with Crippen LogP contribution in [0.5, 0.6) is 5.75 Å². The molecule has 0 bridgehead atoms. The third-order valence-electron chi connectivity index (χ3n) is 6.66. The molecular weight excluding hydrogens is 428 g/mol. The fourth-order valence-electron chi connectivity index (χ4n) is 4.81.